The van der Waals surface area contributed by atoms with Crippen LogP contribution >= 0.6 is 0 Å². The number of ether oxygens (including phenoxy) is 2. The lowest BCUT2D eigenvalue weighted by molar-refractivity contribution is 0.284. The monoisotopic (exact) mass is 360 g/mol. The van der Waals surface area contributed by atoms with Crippen LogP contribution in [0.15, 0.2) is 71.8 Å². The van der Waals surface area contributed by atoms with Gasteiger partial charge in [-0.25, -0.2) is 0 Å². The fourth-order valence-corrected chi connectivity index (χ4v) is 2.61. The minimum Gasteiger partial charge on any atom is -0.493 e. The molecule has 0 aromatic heterocycles. The number of hydrogen-bond acceptors (Lipinski definition) is 4. The molecule has 0 amide bonds. The summed E-state index contributed by atoms with van der Waals surface area (Å²) in [5.41, 5.74) is 8.56. The Hall–Kier alpha value is -3.27. The summed E-state index contributed by atoms with van der Waals surface area (Å²) in [6.07, 6.45) is 1.77. The molecule has 138 valence electrons. The first-order valence-electron chi connectivity index (χ1n) is 8.87. The van der Waals surface area contributed by atoms with Crippen molar-refractivity contribution in [2.24, 2.45) is 5.10 Å². The van der Waals surface area contributed by atoms with Crippen LogP contribution in [0.4, 0.5) is 5.69 Å². The summed E-state index contributed by atoms with van der Waals surface area (Å²) < 4.78 is 11.3. The zero-order chi connectivity index (χ0) is 19.1. The Kier molecular flexibility index (Phi) is 6.10. The summed E-state index contributed by atoms with van der Waals surface area (Å²) in [5.74, 6) is 1.39. The summed E-state index contributed by atoms with van der Waals surface area (Å²) in [6.45, 7) is 4.67. The zero-order valence-electron chi connectivity index (χ0n) is 15.9. The maximum Gasteiger partial charge on any atom is 0.162 e. The minimum atomic E-state index is 0.485. The number of hydrogen-bond donors (Lipinski definition) is 1. The van der Waals surface area contributed by atoms with E-state index in [0.717, 1.165) is 16.8 Å². The quantitative estimate of drug-likeness (QED) is 0.457. The topological polar surface area (TPSA) is 42.8 Å². The fourth-order valence-electron chi connectivity index (χ4n) is 2.61. The molecule has 0 atom stereocenters. The maximum atomic E-state index is 5.94. The number of aryl methyl sites for hydroxylation is 2. The van der Waals surface area contributed by atoms with E-state index in [1.807, 2.05) is 54.6 Å². The molecule has 4 heteroatoms. The van der Waals surface area contributed by atoms with E-state index < -0.39 is 0 Å². The molecule has 4 nitrogen and oxygen atoms in total. The van der Waals surface area contributed by atoms with E-state index in [4.69, 9.17) is 9.47 Å². The second-order valence-corrected chi connectivity index (χ2v) is 6.35. The van der Waals surface area contributed by atoms with E-state index in [-0.39, 0.29) is 0 Å². The minimum absolute atomic E-state index is 0.485. The molecule has 0 heterocycles. The van der Waals surface area contributed by atoms with Crippen molar-refractivity contribution in [3.05, 3.63) is 89.0 Å². The molecule has 0 aliphatic heterocycles. The van der Waals surface area contributed by atoms with Crippen LogP contribution in [0.2, 0.25) is 0 Å². The van der Waals surface area contributed by atoms with Gasteiger partial charge in [0.25, 0.3) is 0 Å². The van der Waals surface area contributed by atoms with Gasteiger partial charge in [-0.05, 0) is 66.4 Å². The Morgan fingerprint density at radius 3 is 2.44 bits per heavy atom. The van der Waals surface area contributed by atoms with Gasteiger partial charge in [0, 0.05) is 0 Å². The maximum absolute atomic E-state index is 5.94. The highest BCUT2D eigenvalue weighted by Crippen LogP contribution is 2.28. The molecule has 1 N–H and O–H groups in total. The smallest absolute Gasteiger partial charge is 0.162 e. The van der Waals surface area contributed by atoms with Gasteiger partial charge in [0.15, 0.2) is 11.5 Å². The lowest BCUT2D eigenvalue weighted by Gasteiger charge is -2.11. The van der Waals surface area contributed by atoms with Gasteiger partial charge in [-0.3, -0.25) is 5.43 Å². The Labute approximate surface area is 160 Å². The van der Waals surface area contributed by atoms with Crippen molar-refractivity contribution in [1.82, 2.24) is 0 Å². The van der Waals surface area contributed by atoms with Gasteiger partial charge in [0.1, 0.15) is 6.61 Å². The molecule has 3 aromatic rings. The average Bonchev–Trinajstić information content (AvgIpc) is 2.70. The van der Waals surface area contributed by atoms with E-state index in [2.05, 4.69) is 36.5 Å². The van der Waals surface area contributed by atoms with Crippen LogP contribution in [-0.4, -0.2) is 13.3 Å². The Bertz CT molecular complexity index is 921. The first-order valence-corrected chi connectivity index (χ1v) is 8.87. The van der Waals surface area contributed by atoms with Crippen LogP contribution < -0.4 is 14.9 Å². The van der Waals surface area contributed by atoms with Crippen LogP contribution in [-0.2, 0) is 6.61 Å². The molecule has 0 fully saturated rings. The van der Waals surface area contributed by atoms with E-state index in [1.54, 1.807) is 13.3 Å². The SMILES string of the molecule is COc1ccc(C=NNc2ccc(C)c(C)c2)cc1OCc1ccccc1. The van der Waals surface area contributed by atoms with Gasteiger partial charge in [-0.2, -0.15) is 5.10 Å². The molecule has 3 aromatic carbocycles. The number of benzene rings is 3. The predicted molar refractivity (Wildman–Crippen MR) is 111 cm³/mol. The van der Waals surface area contributed by atoms with Crippen molar-refractivity contribution in [3.8, 4) is 11.5 Å². The van der Waals surface area contributed by atoms with Crippen molar-refractivity contribution in [2.75, 3.05) is 12.5 Å². The van der Waals surface area contributed by atoms with Crippen LogP contribution in [0.25, 0.3) is 0 Å². The van der Waals surface area contributed by atoms with E-state index in [9.17, 15) is 0 Å². The number of nitrogens with one attached hydrogen (secondary N) is 1. The number of methoxy groups -OCH3 is 1. The second-order valence-electron chi connectivity index (χ2n) is 6.35. The highest BCUT2D eigenvalue weighted by Gasteiger charge is 2.06. The molecule has 0 radical (unpaired) electrons. The molecule has 0 spiro atoms. The van der Waals surface area contributed by atoms with Gasteiger partial charge >= 0.3 is 0 Å². The molecule has 0 unspecified atom stereocenters. The predicted octanol–water partition coefficient (Wildman–Crippen LogP) is 5.34. The average molecular weight is 360 g/mol. The Morgan fingerprint density at radius 1 is 0.889 bits per heavy atom. The van der Waals surface area contributed by atoms with Crippen molar-refractivity contribution < 1.29 is 9.47 Å². The lowest BCUT2D eigenvalue weighted by Crippen LogP contribution is -1.99. The highest BCUT2D eigenvalue weighted by atomic mass is 16.5. The van der Waals surface area contributed by atoms with Gasteiger partial charge in [0.05, 0.1) is 19.0 Å². The molecule has 0 saturated heterocycles. The molecule has 0 aliphatic carbocycles. The van der Waals surface area contributed by atoms with Crippen molar-refractivity contribution in [2.45, 2.75) is 20.5 Å². The number of anilines is 1. The molecule has 3 rings (SSSR count). The van der Waals surface area contributed by atoms with E-state index in [1.165, 1.54) is 11.1 Å². The zero-order valence-corrected chi connectivity index (χ0v) is 15.9. The third-order valence-corrected chi connectivity index (χ3v) is 4.34. The third kappa shape index (κ3) is 5.11. The van der Waals surface area contributed by atoms with Crippen LogP contribution in [0, 0.1) is 13.8 Å². The Balaban J connectivity index is 1.69. The van der Waals surface area contributed by atoms with Crippen LogP contribution in [0.3, 0.4) is 0 Å². The summed E-state index contributed by atoms with van der Waals surface area (Å²) >= 11 is 0. The standard InChI is InChI=1S/C23H24N2O2/c1-17-9-11-21(13-18(17)2)25-24-15-20-10-12-22(26-3)23(14-20)27-16-19-7-5-4-6-8-19/h4-15,25H,16H2,1-3H3. The fraction of sp³-hybridized carbons (Fsp3) is 0.174. The summed E-state index contributed by atoms with van der Waals surface area (Å²) in [5, 5.41) is 4.33. The number of rotatable bonds is 7. The van der Waals surface area contributed by atoms with Gasteiger partial charge in [0.2, 0.25) is 0 Å². The second kappa shape index (κ2) is 8.90. The molecule has 27 heavy (non-hydrogen) atoms. The number of nitrogens with zero attached hydrogens (tertiary/aromatic N) is 1. The van der Waals surface area contributed by atoms with Crippen molar-refractivity contribution in [1.29, 1.82) is 0 Å². The molecule has 0 bridgehead atoms. The lowest BCUT2D eigenvalue weighted by atomic mass is 10.1. The van der Waals surface area contributed by atoms with Crippen molar-refractivity contribution in [3.63, 3.8) is 0 Å². The van der Waals surface area contributed by atoms with Gasteiger partial charge in [-0.15, -0.1) is 0 Å². The Morgan fingerprint density at radius 2 is 1.70 bits per heavy atom. The molecule has 0 saturated carbocycles. The van der Waals surface area contributed by atoms with Gasteiger partial charge < -0.3 is 9.47 Å². The first-order chi connectivity index (χ1) is 13.2. The van der Waals surface area contributed by atoms with Crippen LogP contribution in [0.1, 0.15) is 22.3 Å². The molecule has 0 aliphatic rings. The van der Waals surface area contributed by atoms with E-state index in [0.29, 0.717) is 18.1 Å². The van der Waals surface area contributed by atoms with Gasteiger partial charge in [-0.1, -0.05) is 36.4 Å². The summed E-state index contributed by atoms with van der Waals surface area (Å²) in [7, 11) is 1.64. The third-order valence-electron chi connectivity index (χ3n) is 4.34. The van der Waals surface area contributed by atoms with Crippen LogP contribution in [0.5, 0.6) is 11.5 Å². The normalized spacial score (nSPS) is 10.8. The largest absolute Gasteiger partial charge is 0.493 e. The highest BCUT2D eigenvalue weighted by molar-refractivity contribution is 5.81. The first kappa shape index (κ1) is 18.5. The molecular formula is C23H24N2O2. The van der Waals surface area contributed by atoms with Crippen molar-refractivity contribution >= 4 is 11.9 Å². The molecular weight excluding hydrogens is 336 g/mol. The van der Waals surface area contributed by atoms with E-state index >= 15 is 0 Å². The summed E-state index contributed by atoms with van der Waals surface area (Å²) in [4.78, 5) is 0. The summed E-state index contributed by atoms with van der Waals surface area (Å²) in [6, 6.07) is 22.0. The number of hydrazone groups is 1.